The molecule has 10 heteroatoms. The first-order chi connectivity index (χ1) is 24.7. The van der Waals surface area contributed by atoms with E-state index >= 15 is 0 Å². The molecule has 0 N–H and O–H groups in total. The van der Waals surface area contributed by atoms with Gasteiger partial charge >= 0.3 is 41.5 Å². The number of hydrogen-bond donors (Lipinski definition) is 0. The van der Waals surface area contributed by atoms with Gasteiger partial charge in [-0.3, -0.25) is 0 Å². The predicted molar refractivity (Wildman–Crippen MR) is 189 cm³/mol. The number of aromatic nitrogens is 5. The molecule has 8 nitrogen and oxygen atoms in total. The molecule has 0 saturated carbocycles. The molecule has 5 aromatic heterocycles. The minimum Gasteiger partial charge on any atom is -0.503 e. The van der Waals surface area contributed by atoms with Crippen LogP contribution in [0, 0.1) is 24.3 Å². The van der Waals surface area contributed by atoms with Gasteiger partial charge in [-0.1, -0.05) is 47.4 Å². The molecule has 52 heavy (non-hydrogen) atoms. The van der Waals surface area contributed by atoms with Crippen LogP contribution in [0.1, 0.15) is 0 Å². The van der Waals surface area contributed by atoms with Crippen LogP contribution in [0.3, 0.4) is 0 Å². The quantitative estimate of drug-likeness (QED) is 0.111. The van der Waals surface area contributed by atoms with Gasteiger partial charge in [0, 0.05) is 58.9 Å². The summed E-state index contributed by atoms with van der Waals surface area (Å²) in [6, 6.07) is 46.2. The van der Waals surface area contributed by atoms with Gasteiger partial charge in [-0.2, -0.15) is 22.9 Å². The van der Waals surface area contributed by atoms with Crippen molar-refractivity contribution in [3.63, 3.8) is 0 Å². The maximum Gasteiger partial charge on any atom is 2.00 e. The van der Waals surface area contributed by atoms with Crippen LogP contribution in [0.5, 0.6) is 23.0 Å². The van der Waals surface area contributed by atoms with Gasteiger partial charge in [-0.05, 0) is 29.6 Å². The van der Waals surface area contributed by atoms with Crippen molar-refractivity contribution in [1.29, 1.82) is 0 Å². The van der Waals surface area contributed by atoms with Crippen LogP contribution in [0.4, 0.5) is 0 Å². The Kier molecular flexibility index (Phi) is 10.2. The Bertz CT molecular complexity index is 2460. The molecule has 0 aliphatic carbocycles. The molecule has 0 aliphatic heterocycles. The van der Waals surface area contributed by atoms with Gasteiger partial charge in [0.2, 0.25) is 5.95 Å². The first kappa shape index (κ1) is 34.7. The summed E-state index contributed by atoms with van der Waals surface area (Å²) >= 11 is 0. The second kappa shape index (κ2) is 15.3. The summed E-state index contributed by atoms with van der Waals surface area (Å²) in [5.74, 6) is 2.52. The fraction of sp³-hybridized carbons (Fsp3) is 0. The Morgan fingerprint density at radius 3 is 1.54 bits per heavy atom. The summed E-state index contributed by atoms with van der Waals surface area (Å²) in [5.41, 5.74) is 6.42. The first-order valence-electron chi connectivity index (χ1n) is 15.8. The first-order valence-corrected chi connectivity index (χ1v) is 15.8. The van der Waals surface area contributed by atoms with E-state index in [9.17, 15) is 0 Å². The number of benzene rings is 4. The molecule has 0 aliphatic rings. The Hall–Kier alpha value is -5.71. The number of fused-ring (bicyclic) bond motifs is 3. The van der Waals surface area contributed by atoms with Crippen molar-refractivity contribution in [2.75, 3.05) is 0 Å². The molecule has 0 radical (unpaired) electrons. The molecular weight excluding hydrogens is 924 g/mol. The van der Waals surface area contributed by atoms with Crippen LogP contribution in [0.2, 0.25) is 0 Å². The number of pyridine rings is 2. The summed E-state index contributed by atoms with van der Waals surface area (Å²) in [6.07, 6.45) is 10.3. The number of rotatable bonds is 8. The van der Waals surface area contributed by atoms with E-state index in [0.717, 1.165) is 44.4 Å². The van der Waals surface area contributed by atoms with Crippen LogP contribution in [-0.4, -0.2) is 24.5 Å². The zero-order valence-corrected chi connectivity index (χ0v) is 30.7. The van der Waals surface area contributed by atoms with Crippen molar-refractivity contribution in [1.82, 2.24) is 24.5 Å². The van der Waals surface area contributed by atoms with Crippen LogP contribution in [-0.2, 0) is 41.5 Å². The Balaban J connectivity index is 0.00000210. The number of nitrogens with zero attached hydrogens (tertiary/aromatic N) is 5. The monoisotopic (exact) mass is 946 g/mol. The van der Waals surface area contributed by atoms with Crippen molar-refractivity contribution in [2.45, 2.75) is 0 Å². The smallest absolute Gasteiger partial charge is 0.503 e. The summed E-state index contributed by atoms with van der Waals surface area (Å²) in [7, 11) is 0. The molecule has 0 bridgehead atoms. The number of furan rings is 1. The summed E-state index contributed by atoms with van der Waals surface area (Å²) in [5, 5.41) is 1.85. The van der Waals surface area contributed by atoms with E-state index in [-0.39, 0.29) is 41.5 Å². The molecule has 9 rings (SSSR count). The fourth-order valence-electron chi connectivity index (χ4n) is 5.75. The minimum atomic E-state index is 0. The predicted octanol–water partition coefficient (Wildman–Crippen LogP) is 9.74. The molecule has 9 aromatic rings. The zero-order chi connectivity index (χ0) is 33.3. The second-order valence-electron chi connectivity index (χ2n) is 11.3. The number of hydrogen-bond acceptors (Lipinski definition) is 7. The molecule has 0 atom stereocenters. The molecule has 5 heterocycles. The van der Waals surface area contributed by atoms with E-state index in [1.165, 1.54) is 0 Å². The third-order valence-corrected chi connectivity index (χ3v) is 8.08. The number of ether oxygens (including phenoxy) is 2. The SMILES string of the molecule is [Pd+2].[Pt+2].[c-]1c(Oc2[c-]c3c(cc2)c2ccc(Oc4[c-]c(-c5ccccn5)ccc4)[c-]c2n3-c2ncc(-c3ccoc3)cn2)cccc1-c1ccccn1. The van der Waals surface area contributed by atoms with E-state index in [1.807, 2.05) is 108 Å². The van der Waals surface area contributed by atoms with Gasteiger partial charge in [0.15, 0.2) is 0 Å². The van der Waals surface area contributed by atoms with E-state index < -0.39 is 0 Å². The van der Waals surface area contributed by atoms with Crippen LogP contribution < -0.4 is 9.47 Å². The van der Waals surface area contributed by atoms with Gasteiger partial charge < -0.3 is 28.4 Å². The van der Waals surface area contributed by atoms with Gasteiger partial charge in [-0.25, -0.2) is 9.97 Å². The molecule has 0 amide bonds. The van der Waals surface area contributed by atoms with Crippen molar-refractivity contribution in [3.05, 3.63) is 165 Å². The van der Waals surface area contributed by atoms with Gasteiger partial charge in [-0.15, -0.1) is 71.8 Å². The second-order valence-corrected chi connectivity index (χ2v) is 11.3. The van der Waals surface area contributed by atoms with Gasteiger partial charge in [0.25, 0.3) is 0 Å². The van der Waals surface area contributed by atoms with Crippen LogP contribution >= 0.6 is 0 Å². The molecule has 0 spiro atoms. The molecule has 0 saturated heterocycles. The zero-order valence-electron chi connectivity index (χ0n) is 26.9. The van der Waals surface area contributed by atoms with E-state index in [1.54, 1.807) is 37.3 Å². The fourth-order valence-corrected chi connectivity index (χ4v) is 5.75. The maximum absolute atomic E-state index is 6.31. The van der Waals surface area contributed by atoms with Crippen LogP contribution in [0.15, 0.2) is 145 Å². The van der Waals surface area contributed by atoms with E-state index in [0.29, 0.717) is 40.0 Å². The Morgan fingerprint density at radius 2 is 1.06 bits per heavy atom. The Labute approximate surface area is 327 Å². The topological polar surface area (TPSA) is 88.1 Å². The standard InChI is InChI=1S/C42H23N5O3.Pd.Pt/c1-3-18-43-38(11-1)28-7-5-9-32(21-28)49-34-13-15-36-37-16-14-35(50-33-10-6-8-29(22-33)39-12-2-4-19-44-39)24-41(37)47(40(36)23-34)42-45-25-31(26-46-42)30-17-20-48-27-30;;/h1-20,25-27H;;/q-4;2*+2. The Morgan fingerprint density at radius 1 is 0.519 bits per heavy atom. The molecular formula is C42H23N5O3PdPt. The third-order valence-electron chi connectivity index (χ3n) is 8.08. The largest absolute Gasteiger partial charge is 2.00 e. The third kappa shape index (κ3) is 6.95. The van der Waals surface area contributed by atoms with Crippen molar-refractivity contribution in [3.8, 4) is 62.6 Å². The maximum atomic E-state index is 6.31. The van der Waals surface area contributed by atoms with Gasteiger partial charge in [0.05, 0.1) is 12.5 Å². The summed E-state index contributed by atoms with van der Waals surface area (Å²) in [4.78, 5) is 18.4. The van der Waals surface area contributed by atoms with Crippen molar-refractivity contribution in [2.24, 2.45) is 0 Å². The van der Waals surface area contributed by atoms with Gasteiger partial charge in [0.1, 0.15) is 0 Å². The molecule has 0 fully saturated rings. The minimum absolute atomic E-state index is 0. The van der Waals surface area contributed by atoms with E-state index in [4.69, 9.17) is 23.9 Å². The summed E-state index contributed by atoms with van der Waals surface area (Å²) < 4.78 is 19.8. The van der Waals surface area contributed by atoms with Crippen LogP contribution in [0.25, 0.3) is 61.4 Å². The summed E-state index contributed by atoms with van der Waals surface area (Å²) in [6.45, 7) is 0. The molecule has 254 valence electrons. The van der Waals surface area contributed by atoms with E-state index in [2.05, 4.69) is 34.2 Å². The van der Waals surface area contributed by atoms with Crippen molar-refractivity contribution >= 4 is 21.8 Å². The average molecular weight is 947 g/mol. The average Bonchev–Trinajstić information content (AvgIpc) is 3.83. The normalized spacial score (nSPS) is 10.8. The van der Waals surface area contributed by atoms with Crippen molar-refractivity contribution < 1.29 is 55.4 Å². The molecule has 0 unspecified atom stereocenters. The molecule has 4 aromatic carbocycles.